The van der Waals surface area contributed by atoms with Crippen molar-refractivity contribution in [3.05, 3.63) is 0 Å². The number of rotatable bonds is 26. The molecule has 0 amide bonds. The first-order chi connectivity index (χ1) is 54.0. The van der Waals surface area contributed by atoms with Crippen molar-refractivity contribution in [3.63, 3.8) is 0 Å². The van der Waals surface area contributed by atoms with Gasteiger partial charge in [-0.15, -0.1) is 0 Å². The Labute approximate surface area is 648 Å². The molecule has 0 spiro atoms. The molecular formula is C66H112O48. The van der Waals surface area contributed by atoms with Crippen molar-refractivity contribution in [2.75, 3.05) is 39.6 Å². The van der Waals surface area contributed by atoms with Gasteiger partial charge in [0.25, 0.3) is 0 Å². The van der Waals surface area contributed by atoms with Gasteiger partial charge in [-0.3, -0.25) is 0 Å². The second kappa shape index (κ2) is 39.7. The van der Waals surface area contributed by atoms with Crippen molar-refractivity contribution in [1.29, 1.82) is 0 Å². The van der Waals surface area contributed by atoms with E-state index >= 15 is 0 Å². The molecule has 0 aliphatic carbocycles. The summed E-state index contributed by atoms with van der Waals surface area (Å²) in [5.74, 6) is 0. The quantitative estimate of drug-likeness (QED) is 0.0382. The van der Waals surface area contributed by atoms with Gasteiger partial charge in [-0.25, -0.2) is 0 Å². The average molecular weight is 1670 g/mol. The molecule has 0 aromatic heterocycles. The summed E-state index contributed by atoms with van der Waals surface area (Å²) in [4.78, 5) is 0. The van der Waals surface area contributed by atoms with Crippen LogP contribution < -0.4 is 0 Å². The molecular weight excluding hydrogens is 1560 g/mol. The topological polar surface area (TPSA) is 740 Å². The molecule has 1 unspecified atom stereocenters. The maximum atomic E-state index is 12.0. The highest BCUT2D eigenvalue weighted by Crippen LogP contribution is 2.42. The zero-order chi connectivity index (χ0) is 83.2. The molecule has 664 valence electrons. The van der Waals surface area contributed by atoms with E-state index < -0.39 is 359 Å². The van der Waals surface area contributed by atoms with Crippen molar-refractivity contribution in [1.82, 2.24) is 0 Å². The van der Waals surface area contributed by atoms with Gasteiger partial charge in [0, 0.05) is 19.3 Å². The van der Waals surface area contributed by atoms with E-state index in [2.05, 4.69) is 0 Å². The van der Waals surface area contributed by atoms with E-state index in [1.807, 2.05) is 0 Å². The van der Waals surface area contributed by atoms with Gasteiger partial charge >= 0.3 is 0 Å². The smallest absolute Gasteiger partial charge is 0.187 e. The predicted octanol–water partition coefficient (Wildman–Crippen LogP) is -16.8. The molecule has 0 bridgehead atoms. The van der Waals surface area contributed by atoms with E-state index in [0.29, 0.717) is 0 Å². The Balaban J connectivity index is 0.782. The highest BCUT2D eigenvalue weighted by Gasteiger charge is 2.62. The fraction of sp³-hybridized carbons (Fsp3) is 1.00. The third kappa shape index (κ3) is 19.7. The summed E-state index contributed by atoms with van der Waals surface area (Å²) in [7, 11) is 0. The van der Waals surface area contributed by atoms with Gasteiger partial charge in [0.15, 0.2) is 69.2 Å². The fourth-order valence-corrected chi connectivity index (χ4v) is 15.5. The normalized spacial score (nSPS) is 54.7. The standard InChI is InChI=1S/C66H112O48/c1-15-20(73)6-23(76)57(94-15)109-50-33(80)27(10-68)99-56(93)53(50)112-63-44(91)39(86)48(30(13-71)103-63)107-60-42(89)38(85)47(19(5)97-60)106-66-55(52(35(82)29(12-70)102-66)111-59-25(78)8-22(75)17(3)96-59)114-64-45(92)40(87)49(31(14-72)104-64)108-61-43(90)37(84)46(18(4)98-61)105-65-54(113-62-41(88)36(83)32(79)26(9-67)100-62)51(34(81)28(11-69)101-65)110-58-24(77)7-21(74)16(2)95-58/h15-93H,6-14H2,1-5H3/t15-,16-,17-,18+,19+,20-,21-,22-,23-,24-,25-,26-,27-,28-,29-,30-,31-,32+,33-,34-,35-,36+,37+,38+,39-,40-,41-,42-,43-,44-,45-,46+,47+,48+,49+,50+,51+,52+,53+,54+,55+,56?,57-,58-,59-,60+,61+,62+,63+,64+,65-,66-/m1/s1. The van der Waals surface area contributed by atoms with E-state index in [-0.39, 0.29) is 19.3 Å². The summed E-state index contributed by atoms with van der Waals surface area (Å²) < 4.78 is 124. The number of ether oxygens (including phenoxy) is 21. The molecule has 0 aromatic carbocycles. The monoisotopic (exact) mass is 1670 g/mol. The van der Waals surface area contributed by atoms with Crippen LogP contribution in [0.25, 0.3) is 0 Å². The highest BCUT2D eigenvalue weighted by molar-refractivity contribution is 5.03. The van der Waals surface area contributed by atoms with Crippen molar-refractivity contribution >= 4 is 0 Å². The maximum absolute atomic E-state index is 12.0. The Morgan fingerprint density at radius 1 is 0.184 bits per heavy atom. The zero-order valence-corrected chi connectivity index (χ0v) is 62.0. The van der Waals surface area contributed by atoms with Crippen LogP contribution in [0.15, 0.2) is 0 Å². The van der Waals surface area contributed by atoms with Crippen molar-refractivity contribution < 1.29 is 237 Å². The van der Waals surface area contributed by atoms with E-state index in [1.54, 1.807) is 0 Å². The number of hydrogen-bond donors (Lipinski definition) is 27. The van der Waals surface area contributed by atoms with Crippen LogP contribution in [0.5, 0.6) is 0 Å². The third-order valence-electron chi connectivity index (χ3n) is 22.4. The number of aliphatic hydroxyl groups is 27. The van der Waals surface area contributed by atoms with E-state index in [0.717, 1.165) is 0 Å². The maximum Gasteiger partial charge on any atom is 0.187 e. The molecule has 11 rings (SSSR count). The predicted molar refractivity (Wildman–Crippen MR) is 351 cm³/mol. The molecule has 52 atom stereocenters. The van der Waals surface area contributed by atoms with Crippen molar-refractivity contribution in [3.8, 4) is 0 Å². The van der Waals surface area contributed by atoms with Crippen LogP contribution in [0.3, 0.4) is 0 Å². The lowest BCUT2D eigenvalue weighted by Crippen LogP contribution is -2.69. The van der Waals surface area contributed by atoms with Gasteiger partial charge in [0.05, 0.1) is 88.5 Å². The molecule has 0 radical (unpaired) electrons. The van der Waals surface area contributed by atoms with Crippen molar-refractivity contribution in [2.24, 2.45) is 0 Å². The lowest BCUT2D eigenvalue weighted by atomic mass is 9.95. The van der Waals surface area contributed by atoms with E-state index in [1.165, 1.54) is 34.6 Å². The summed E-state index contributed by atoms with van der Waals surface area (Å²) in [6.07, 6.45) is -96.3. The van der Waals surface area contributed by atoms with Crippen LogP contribution in [-0.4, -0.2) is 497 Å². The summed E-state index contributed by atoms with van der Waals surface area (Å²) >= 11 is 0. The lowest BCUT2D eigenvalue weighted by molar-refractivity contribution is -0.414. The van der Waals surface area contributed by atoms with Crippen molar-refractivity contribution in [2.45, 2.75) is 373 Å². The largest absolute Gasteiger partial charge is 0.394 e. The molecule has 11 fully saturated rings. The van der Waals surface area contributed by atoms with Crippen LogP contribution in [-0.2, 0) is 99.5 Å². The van der Waals surface area contributed by atoms with Crippen LogP contribution in [0.1, 0.15) is 53.9 Å². The molecule has 114 heavy (non-hydrogen) atoms. The molecule has 0 aromatic rings. The Kier molecular flexibility index (Phi) is 32.3. The Bertz CT molecular complexity index is 2910. The first-order valence-electron chi connectivity index (χ1n) is 37.7. The number of hydrogen-bond acceptors (Lipinski definition) is 48. The lowest BCUT2D eigenvalue weighted by Gasteiger charge is -2.51. The SMILES string of the molecule is C[C@@H]1O[C@@H](O[C@@H]2[C@H](O)[C@@H](O)[C@H](O[C@@H]3[C@@H](O[C@@H]4[C@@H](O)[C@@H](O)[C@H](O[C@@H]5[C@H](O)[C@@H](O)[C@H](O[C@@H]6C(O)O[C@H](CO)[C@@H](O)[C@@H]6O[C@H]6O[C@H](C)[C@H](O)C[C@H]6O)O[C@@H]5CO)O[C@H]4C)O[C@H](CO)[C@@H](O)[C@@H]3O[C@H]3O[C@H](C)[C@H](O)C[C@H]3O)O[C@@H]2CO)[C@H](O)[C@H](O)[C@H]1O[C@H]1O[C@H](CO)[C@@H](O)[C@H](O[C@H]2O[C@H](C)[C@H](O)C[C@H]2O)[C@@H]1O[C@@H]1O[C@H](CO)[C@H](O)[C@H](O)[C@H]1O. The molecule has 11 aliphatic heterocycles. The van der Waals surface area contributed by atoms with Gasteiger partial charge < -0.3 is 237 Å². The molecule has 0 saturated carbocycles. The van der Waals surface area contributed by atoms with Crippen LogP contribution in [0.2, 0.25) is 0 Å². The van der Waals surface area contributed by atoms with Crippen LogP contribution in [0, 0.1) is 0 Å². The minimum Gasteiger partial charge on any atom is -0.394 e. The first kappa shape index (κ1) is 92.8. The van der Waals surface area contributed by atoms with Gasteiger partial charge in [-0.1, -0.05) is 0 Å². The second-order valence-electron chi connectivity index (χ2n) is 30.4. The average Bonchev–Trinajstić information content (AvgIpc) is 0.762. The molecule has 48 nitrogen and oxygen atoms in total. The Hall–Kier alpha value is -1.92. The highest BCUT2D eigenvalue weighted by atomic mass is 16.8. The minimum absolute atomic E-state index is 0.251. The summed E-state index contributed by atoms with van der Waals surface area (Å²) in [5, 5.41) is 300. The Morgan fingerprint density at radius 3 is 0.746 bits per heavy atom. The third-order valence-corrected chi connectivity index (χ3v) is 22.4. The number of aliphatic hydroxyl groups excluding tert-OH is 27. The molecule has 11 heterocycles. The second-order valence-corrected chi connectivity index (χ2v) is 30.4. The van der Waals surface area contributed by atoms with E-state index in [4.69, 9.17) is 99.5 Å². The minimum atomic E-state index is -2.38. The summed E-state index contributed by atoms with van der Waals surface area (Å²) in [6, 6.07) is 0. The van der Waals surface area contributed by atoms with Gasteiger partial charge in [-0.05, 0) is 34.6 Å². The summed E-state index contributed by atoms with van der Waals surface area (Å²) in [6.45, 7) is 0.716. The molecule has 11 aliphatic rings. The van der Waals surface area contributed by atoms with E-state index in [9.17, 15) is 138 Å². The first-order valence-corrected chi connectivity index (χ1v) is 37.7. The molecule has 27 N–H and O–H groups in total. The summed E-state index contributed by atoms with van der Waals surface area (Å²) in [5.41, 5.74) is 0. The van der Waals surface area contributed by atoms with Gasteiger partial charge in [-0.2, -0.15) is 0 Å². The molecule has 48 heteroatoms. The fourth-order valence-electron chi connectivity index (χ4n) is 15.5. The zero-order valence-electron chi connectivity index (χ0n) is 62.0. The van der Waals surface area contributed by atoms with Crippen LogP contribution >= 0.6 is 0 Å². The van der Waals surface area contributed by atoms with Crippen LogP contribution in [0.4, 0.5) is 0 Å². The Morgan fingerprint density at radius 2 is 0.412 bits per heavy atom. The van der Waals surface area contributed by atoms with Gasteiger partial charge in [0.2, 0.25) is 0 Å². The van der Waals surface area contributed by atoms with Gasteiger partial charge in [0.1, 0.15) is 201 Å². The molecule has 11 saturated heterocycles.